The number of rotatable bonds is 2. The average molecular weight is 339 g/mol. The molecular weight excluding hydrogens is 332 g/mol. The summed E-state index contributed by atoms with van der Waals surface area (Å²) in [5.74, 6) is -5.01. The van der Waals surface area contributed by atoms with Gasteiger partial charge in [0.15, 0.2) is 0 Å². The van der Waals surface area contributed by atoms with E-state index < -0.39 is 18.1 Å². The van der Waals surface area contributed by atoms with Gasteiger partial charge in [0, 0.05) is 9.50 Å². The van der Waals surface area contributed by atoms with Crippen molar-refractivity contribution >= 4 is 27.5 Å². The topological polar surface area (TPSA) is 26.0 Å². The first-order chi connectivity index (χ1) is 7.57. The van der Waals surface area contributed by atoms with Crippen molar-refractivity contribution in [2.45, 2.75) is 18.1 Å². The summed E-state index contributed by atoms with van der Waals surface area (Å²) in [6.45, 7) is 0. The largest absolute Gasteiger partial charge is 0.455 e. The lowest BCUT2D eigenvalue weighted by Gasteiger charge is -2.26. The van der Waals surface area contributed by atoms with Crippen LogP contribution in [0.1, 0.15) is 11.6 Å². The molecular formula is C9H6BrClF5N. The summed E-state index contributed by atoms with van der Waals surface area (Å²) < 4.78 is 62.3. The number of hydrogen-bond donors (Lipinski definition) is 1. The fourth-order valence-corrected chi connectivity index (χ4v) is 2.05. The van der Waals surface area contributed by atoms with Gasteiger partial charge in [0.1, 0.15) is 6.04 Å². The molecule has 0 fully saturated rings. The van der Waals surface area contributed by atoms with Crippen LogP contribution in [0.5, 0.6) is 0 Å². The molecule has 0 aliphatic carbocycles. The molecule has 0 aliphatic rings. The molecule has 17 heavy (non-hydrogen) atoms. The van der Waals surface area contributed by atoms with Crippen LogP contribution < -0.4 is 5.73 Å². The molecule has 0 saturated carbocycles. The predicted molar refractivity (Wildman–Crippen MR) is 57.1 cm³/mol. The van der Waals surface area contributed by atoms with E-state index in [2.05, 4.69) is 15.9 Å². The van der Waals surface area contributed by atoms with Crippen molar-refractivity contribution in [2.24, 2.45) is 5.73 Å². The smallest absolute Gasteiger partial charge is 0.319 e. The second kappa shape index (κ2) is 4.70. The molecule has 0 heterocycles. The van der Waals surface area contributed by atoms with Crippen LogP contribution in [-0.2, 0) is 0 Å². The van der Waals surface area contributed by atoms with Crippen LogP contribution in [0, 0.1) is 0 Å². The zero-order chi connectivity index (χ0) is 13.4. The molecule has 8 heteroatoms. The molecule has 0 spiro atoms. The molecule has 0 amide bonds. The van der Waals surface area contributed by atoms with Crippen LogP contribution in [0.25, 0.3) is 0 Å². The number of nitrogens with two attached hydrogens (primary N) is 1. The molecule has 0 bridgehead atoms. The third-order valence-corrected chi connectivity index (χ3v) is 2.99. The monoisotopic (exact) mass is 337 g/mol. The predicted octanol–water partition coefficient (Wildman–Crippen LogP) is 4.30. The minimum Gasteiger partial charge on any atom is -0.319 e. The Bertz CT molecular complexity index is 420. The zero-order valence-electron chi connectivity index (χ0n) is 8.03. The standard InChI is InChI=1S/C9H6BrClF5N/c10-6-3-4(11)1-2-5(6)7(17)8(12,13)9(14,15)16/h1-3,7H,17H2/t7-/m0/s1. The molecule has 0 aromatic heterocycles. The molecule has 0 saturated heterocycles. The quantitative estimate of drug-likeness (QED) is 0.800. The Labute approximate surface area is 107 Å². The van der Waals surface area contributed by atoms with Crippen LogP contribution in [0.4, 0.5) is 22.0 Å². The van der Waals surface area contributed by atoms with Crippen molar-refractivity contribution in [1.29, 1.82) is 0 Å². The van der Waals surface area contributed by atoms with Gasteiger partial charge in [-0.05, 0) is 17.7 Å². The highest BCUT2D eigenvalue weighted by molar-refractivity contribution is 9.10. The van der Waals surface area contributed by atoms with Crippen molar-refractivity contribution in [3.63, 3.8) is 0 Å². The third kappa shape index (κ3) is 2.89. The lowest BCUT2D eigenvalue weighted by Crippen LogP contribution is -2.45. The molecule has 0 aliphatic heterocycles. The molecule has 1 rings (SSSR count). The van der Waals surface area contributed by atoms with E-state index in [0.29, 0.717) is 0 Å². The molecule has 1 aromatic rings. The first kappa shape index (κ1) is 14.7. The van der Waals surface area contributed by atoms with Gasteiger partial charge in [-0.25, -0.2) is 0 Å². The van der Waals surface area contributed by atoms with Gasteiger partial charge in [-0.15, -0.1) is 0 Å². The van der Waals surface area contributed by atoms with Crippen LogP contribution in [0.15, 0.2) is 22.7 Å². The van der Waals surface area contributed by atoms with Gasteiger partial charge in [-0.2, -0.15) is 22.0 Å². The van der Waals surface area contributed by atoms with E-state index in [0.717, 1.165) is 6.07 Å². The molecule has 0 radical (unpaired) electrons. The summed E-state index contributed by atoms with van der Waals surface area (Å²) >= 11 is 8.39. The molecule has 1 nitrogen and oxygen atoms in total. The molecule has 1 aromatic carbocycles. The minimum absolute atomic E-state index is 0.00132. The maximum Gasteiger partial charge on any atom is 0.455 e. The summed E-state index contributed by atoms with van der Waals surface area (Å²) in [4.78, 5) is 0. The summed E-state index contributed by atoms with van der Waals surface area (Å²) in [6.07, 6.45) is -5.70. The van der Waals surface area contributed by atoms with E-state index in [9.17, 15) is 22.0 Å². The van der Waals surface area contributed by atoms with E-state index in [4.69, 9.17) is 17.3 Å². The summed E-state index contributed by atoms with van der Waals surface area (Å²) in [5.41, 5.74) is 4.60. The van der Waals surface area contributed by atoms with Crippen LogP contribution in [0.2, 0.25) is 5.02 Å². The van der Waals surface area contributed by atoms with Crippen LogP contribution in [0.3, 0.4) is 0 Å². The second-order valence-electron chi connectivity index (χ2n) is 3.26. The number of alkyl halides is 5. The Hall–Kier alpha value is -0.400. The molecule has 1 atom stereocenters. The number of hydrogen-bond acceptors (Lipinski definition) is 1. The SMILES string of the molecule is N[C@@H](c1ccc(Cl)cc1Br)C(F)(F)C(F)(F)F. The van der Waals surface area contributed by atoms with Gasteiger partial charge in [0.05, 0.1) is 0 Å². The third-order valence-electron chi connectivity index (χ3n) is 2.07. The van der Waals surface area contributed by atoms with E-state index in [1.165, 1.54) is 12.1 Å². The van der Waals surface area contributed by atoms with Crippen LogP contribution >= 0.6 is 27.5 Å². The van der Waals surface area contributed by atoms with Gasteiger partial charge in [0.25, 0.3) is 0 Å². The Kier molecular flexibility index (Phi) is 4.05. The Morgan fingerprint density at radius 3 is 2.12 bits per heavy atom. The average Bonchev–Trinajstić information content (AvgIpc) is 2.14. The fourth-order valence-electron chi connectivity index (χ4n) is 1.13. The van der Waals surface area contributed by atoms with Gasteiger partial charge in [0.2, 0.25) is 0 Å². The number of halogens is 7. The molecule has 96 valence electrons. The highest BCUT2D eigenvalue weighted by Gasteiger charge is 2.61. The van der Waals surface area contributed by atoms with Gasteiger partial charge in [-0.1, -0.05) is 33.6 Å². The maximum atomic E-state index is 13.0. The lowest BCUT2D eigenvalue weighted by molar-refractivity contribution is -0.291. The summed E-state index contributed by atoms with van der Waals surface area (Å²) in [6, 6.07) is 0.919. The van der Waals surface area contributed by atoms with Crippen LogP contribution in [-0.4, -0.2) is 12.1 Å². The highest BCUT2D eigenvalue weighted by atomic mass is 79.9. The first-order valence-electron chi connectivity index (χ1n) is 4.22. The lowest BCUT2D eigenvalue weighted by atomic mass is 10.0. The van der Waals surface area contributed by atoms with Crippen molar-refractivity contribution < 1.29 is 22.0 Å². The van der Waals surface area contributed by atoms with Gasteiger partial charge < -0.3 is 5.73 Å². The minimum atomic E-state index is -5.70. The Morgan fingerprint density at radius 2 is 1.71 bits per heavy atom. The van der Waals surface area contributed by atoms with E-state index >= 15 is 0 Å². The van der Waals surface area contributed by atoms with E-state index in [-0.39, 0.29) is 15.1 Å². The zero-order valence-corrected chi connectivity index (χ0v) is 10.4. The van der Waals surface area contributed by atoms with Gasteiger partial charge in [-0.3, -0.25) is 0 Å². The van der Waals surface area contributed by atoms with Crippen molar-refractivity contribution in [1.82, 2.24) is 0 Å². The number of benzene rings is 1. The van der Waals surface area contributed by atoms with E-state index in [1.807, 2.05) is 0 Å². The Morgan fingerprint density at radius 1 is 1.18 bits per heavy atom. The summed E-state index contributed by atoms with van der Waals surface area (Å²) in [7, 11) is 0. The summed E-state index contributed by atoms with van der Waals surface area (Å²) in [5, 5.41) is 0.197. The first-order valence-corrected chi connectivity index (χ1v) is 5.39. The maximum absolute atomic E-state index is 13.0. The fraction of sp³-hybridized carbons (Fsp3) is 0.333. The highest BCUT2D eigenvalue weighted by Crippen LogP contribution is 2.44. The second-order valence-corrected chi connectivity index (χ2v) is 4.56. The normalized spacial score (nSPS) is 14.8. The van der Waals surface area contributed by atoms with Crippen molar-refractivity contribution in [2.75, 3.05) is 0 Å². The van der Waals surface area contributed by atoms with Crippen molar-refractivity contribution in [3.8, 4) is 0 Å². The molecule has 2 N–H and O–H groups in total. The van der Waals surface area contributed by atoms with Gasteiger partial charge >= 0.3 is 12.1 Å². The van der Waals surface area contributed by atoms with Crippen molar-refractivity contribution in [3.05, 3.63) is 33.3 Å². The van der Waals surface area contributed by atoms with E-state index in [1.54, 1.807) is 0 Å². The Balaban J connectivity index is 3.17. The molecule has 0 unspecified atom stereocenters.